The van der Waals surface area contributed by atoms with Gasteiger partial charge >= 0.3 is 0 Å². The van der Waals surface area contributed by atoms with Gasteiger partial charge < -0.3 is 15.0 Å². The van der Waals surface area contributed by atoms with Crippen LogP contribution in [-0.4, -0.2) is 50.7 Å². The zero-order chi connectivity index (χ0) is 16.8. The zero-order valence-corrected chi connectivity index (χ0v) is 15.2. The van der Waals surface area contributed by atoms with E-state index in [9.17, 15) is 4.79 Å². The Morgan fingerprint density at radius 3 is 2.61 bits per heavy atom. The van der Waals surface area contributed by atoms with E-state index in [0.717, 1.165) is 23.5 Å². The average Bonchev–Trinajstić information content (AvgIpc) is 2.99. The Bertz CT molecular complexity index is 509. The third-order valence-corrected chi connectivity index (χ3v) is 5.36. The maximum absolute atomic E-state index is 12.5. The summed E-state index contributed by atoms with van der Waals surface area (Å²) in [5.41, 5.74) is 1.05. The second-order valence-corrected chi connectivity index (χ2v) is 6.90. The third-order valence-electron chi connectivity index (χ3n) is 4.55. The topological polar surface area (TPSA) is 53.6 Å². The number of likely N-dealkylation sites (tertiary alicyclic amines) is 1. The van der Waals surface area contributed by atoms with E-state index in [0.29, 0.717) is 6.04 Å². The summed E-state index contributed by atoms with van der Waals surface area (Å²) in [6.45, 7) is 3.02. The molecule has 128 valence electrons. The lowest BCUT2D eigenvalue weighted by molar-refractivity contribution is -0.128. The Kier molecular flexibility index (Phi) is 6.74. The number of nitrogens with one attached hydrogen (secondary N) is 2. The summed E-state index contributed by atoms with van der Waals surface area (Å²) in [5.74, 6) is -0.172. The van der Waals surface area contributed by atoms with Crippen LogP contribution in [0, 0.1) is 5.92 Å². The van der Waals surface area contributed by atoms with Gasteiger partial charge in [-0.25, -0.2) is 0 Å². The van der Waals surface area contributed by atoms with E-state index < -0.39 is 0 Å². The first-order chi connectivity index (χ1) is 11.1. The van der Waals surface area contributed by atoms with Crippen molar-refractivity contribution >= 4 is 23.5 Å². The van der Waals surface area contributed by atoms with Crippen LogP contribution in [0.3, 0.4) is 0 Å². The zero-order valence-electron chi connectivity index (χ0n) is 14.3. The summed E-state index contributed by atoms with van der Waals surface area (Å²) in [6, 6.07) is 8.27. The number of hydrogen-bond acceptors (Lipinski definition) is 5. The van der Waals surface area contributed by atoms with Crippen molar-refractivity contribution in [2.75, 3.05) is 33.1 Å². The molecule has 0 aromatic heterocycles. The van der Waals surface area contributed by atoms with Crippen LogP contribution < -0.4 is 10.0 Å². The van der Waals surface area contributed by atoms with Crippen molar-refractivity contribution in [3.05, 3.63) is 24.3 Å². The van der Waals surface area contributed by atoms with Gasteiger partial charge in [-0.1, -0.05) is 6.92 Å². The molecule has 1 amide bonds. The minimum atomic E-state index is -0.186. The predicted molar refractivity (Wildman–Crippen MR) is 95.6 cm³/mol. The first kappa shape index (κ1) is 18.1. The van der Waals surface area contributed by atoms with Crippen molar-refractivity contribution in [1.82, 2.24) is 9.62 Å². The van der Waals surface area contributed by atoms with Crippen molar-refractivity contribution in [2.45, 2.75) is 36.8 Å². The van der Waals surface area contributed by atoms with Crippen LogP contribution in [0.2, 0.25) is 0 Å². The van der Waals surface area contributed by atoms with E-state index >= 15 is 0 Å². The van der Waals surface area contributed by atoms with E-state index in [-0.39, 0.29) is 17.9 Å². The first-order valence-electron chi connectivity index (χ1n) is 8.04. The average molecular weight is 337 g/mol. The maximum Gasteiger partial charge on any atom is 0.235 e. The highest BCUT2D eigenvalue weighted by Crippen LogP contribution is 2.25. The summed E-state index contributed by atoms with van der Waals surface area (Å²) < 4.78 is 8.60. The Morgan fingerprint density at radius 2 is 2.09 bits per heavy atom. The summed E-state index contributed by atoms with van der Waals surface area (Å²) >= 11 is 1.35. The molecule has 1 aromatic rings. The minimum Gasteiger partial charge on any atom is -0.388 e. The Morgan fingerprint density at radius 1 is 1.39 bits per heavy atom. The Balaban J connectivity index is 1.90. The molecule has 1 aliphatic heterocycles. The van der Waals surface area contributed by atoms with Gasteiger partial charge in [0.15, 0.2) is 0 Å². The van der Waals surface area contributed by atoms with Crippen LogP contribution in [0.1, 0.15) is 19.8 Å². The summed E-state index contributed by atoms with van der Waals surface area (Å²) in [5, 5.41) is 3.08. The monoisotopic (exact) mass is 337 g/mol. The fourth-order valence-electron chi connectivity index (χ4n) is 3.09. The SMILES string of the molecule is CNc1ccc(SNC(=O)C(C)C(OC)C2CCCN2C)cc1. The normalized spacial score (nSPS) is 21.0. The number of carbonyl (C=O) groups excluding carboxylic acids is 1. The highest BCUT2D eigenvalue weighted by atomic mass is 32.2. The number of ether oxygens (including phenoxy) is 1. The van der Waals surface area contributed by atoms with Crippen molar-refractivity contribution < 1.29 is 9.53 Å². The summed E-state index contributed by atoms with van der Waals surface area (Å²) in [6.07, 6.45) is 2.18. The smallest absolute Gasteiger partial charge is 0.235 e. The lowest BCUT2D eigenvalue weighted by Crippen LogP contribution is -2.45. The summed E-state index contributed by atoms with van der Waals surface area (Å²) in [4.78, 5) is 15.8. The first-order valence-corrected chi connectivity index (χ1v) is 8.86. The maximum atomic E-state index is 12.5. The standard InChI is InChI=1S/C17H27N3O2S/c1-12(16(22-4)15-6-5-11-20(15)3)17(21)19-23-14-9-7-13(18-2)8-10-14/h7-10,12,15-16,18H,5-6,11H2,1-4H3,(H,19,21). The molecule has 0 bridgehead atoms. The third kappa shape index (κ3) is 4.62. The molecule has 1 aliphatic rings. The van der Waals surface area contributed by atoms with Gasteiger partial charge in [-0.15, -0.1) is 0 Å². The van der Waals surface area contributed by atoms with E-state index in [4.69, 9.17) is 4.74 Å². The molecule has 0 aliphatic carbocycles. The van der Waals surface area contributed by atoms with Gasteiger partial charge in [0.1, 0.15) is 0 Å². The molecule has 3 atom stereocenters. The van der Waals surface area contributed by atoms with Gasteiger partial charge in [-0.2, -0.15) is 0 Å². The van der Waals surface area contributed by atoms with Crippen molar-refractivity contribution in [3.63, 3.8) is 0 Å². The molecule has 2 N–H and O–H groups in total. The van der Waals surface area contributed by atoms with Crippen molar-refractivity contribution in [2.24, 2.45) is 5.92 Å². The van der Waals surface area contributed by atoms with Crippen LogP contribution in [0.4, 0.5) is 5.69 Å². The molecular formula is C17H27N3O2S. The lowest BCUT2D eigenvalue weighted by atomic mass is 9.95. The molecule has 23 heavy (non-hydrogen) atoms. The number of carbonyl (C=O) groups is 1. The van der Waals surface area contributed by atoms with Crippen molar-refractivity contribution in [3.8, 4) is 0 Å². The number of benzene rings is 1. The predicted octanol–water partition coefficient (Wildman–Crippen LogP) is 2.60. The largest absolute Gasteiger partial charge is 0.388 e. The molecule has 1 aromatic carbocycles. The van der Waals surface area contributed by atoms with Gasteiger partial charge in [0, 0.05) is 30.8 Å². The fraction of sp³-hybridized carbons (Fsp3) is 0.588. The van der Waals surface area contributed by atoms with Gasteiger partial charge in [0.2, 0.25) is 5.91 Å². The molecule has 0 spiro atoms. The van der Waals surface area contributed by atoms with Gasteiger partial charge in [0.05, 0.1) is 12.0 Å². The molecular weight excluding hydrogens is 310 g/mol. The van der Waals surface area contributed by atoms with Crippen LogP contribution in [0.5, 0.6) is 0 Å². The number of rotatable bonds is 7. The van der Waals surface area contributed by atoms with Crippen LogP contribution in [-0.2, 0) is 9.53 Å². The molecule has 3 unspecified atom stereocenters. The number of likely N-dealkylation sites (N-methyl/N-ethyl adjacent to an activating group) is 1. The molecule has 6 heteroatoms. The molecule has 5 nitrogen and oxygen atoms in total. The Labute approximate surface area is 143 Å². The molecule has 1 saturated heterocycles. The number of nitrogens with zero attached hydrogens (tertiary/aromatic N) is 1. The highest BCUT2D eigenvalue weighted by molar-refractivity contribution is 7.98. The molecule has 2 rings (SSSR count). The van der Waals surface area contributed by atoms with Gasteiger partial charge in [0.25, 0.3) is 0 Å². The van der Waals surface area contributed by atoms with E-state index in [1.54, 1.807) is 7.11 Å². The lowest BCUT2D eigenvalue weighted by Gasteiger charge is -2.31. The van der Waals surface area contributed by atoms with Gasteiger partial charge in [-0.3, -0.25) is 9.52 Å². The molecule has 0 radical (unpaired) electrons. The van der Waals surface area contributed by atoms with Crippen LogP contribution >= 0.6 is 11.9 Å². The van der Waals surface area contributed by atoms with Crippen LogP contribution in [0.25, 0.3) is 0 Å². The van der Waals surface area contributed by atoms with Gasteiger partial charge in [-0.05, 0) is 62.6 Å². The highest BCUT2D eigenvalue weighted by Gasteiger charge is 2.35. The molecule has 1 fully saturated rings. The number of amides is 1. The van der Waals surface area contributed by atoms with Crippen LogP contribution in [0.15, 0.2) is 29.2 Å². The van der Waals surface area contributed by atoms with E-state index in [1.165, 1.54) is 18.4 Å². The van der Waals surface area contributed by atoms with E-state index in [2.05, 4.69) is 22.0 Å². The Hall–Kier alpha value is -1.24. The van der Waals surface area contributed by atoms with E-state index in [1.807, 2.05) is 38.2 Å². The summed E-state index contributed by atoms with van der Waals surface area (Å²) in [7, 11) is 5.69. The second-order valence-electron chi connectivity index (χ2n) is 6.02. The van der Waals surface area contributed by atoms with Crippen molar-refractivity contribution in [1.29, 1.82) is 0 Å². The number of anilines is 1. The fourth-order valence-corrected chi connectivity index (χ4v) is 3.76. The number of hydrogen-bond donors (Lipinski definition) is 2. The molecule has 1 heterocycles. The minimum absolute atomic E-state index is 0.0137. The quantitative estimate of drug-likeness (QED) is 0.749. The number of methoxy groups -OCH3 is 1. The second kappa shape index (κ2) is 8.57. The molecule has 0 saturated carbocycles.